The monoisotopic (exact) mass is 1480 g/mol. The smallest absolute Gasteiger partial charge is 0.220 e. The molecule has 3 fully saturated rings. The molecule has 0 aliphatic carbocycles. The molecule has 1 amide bonds. The molecule has 3 saturated heterocycles. The van der Waals surface area contributed by atoms with Gasteiger partial charge in [0.05, 0.1) is 38.6 Å². The van der Waals surface area contributed by atoms with Gasteiger partial charge in [-0.2, -0.15) is 0 Å². The standard InChI is InChI=1S/C86H149NO18/c1-3-5-7-9-11-13-15-17-19-21-23-25-27-29-31-33-34-36-38-40-42-44-46-48-50-52-54-56-58-60-62-64-74(92)87-69(70(91)63-61-59-57-55-53-51-49-47-45-43-41-39-37-35-32-30-28-26-24-22-20-18-16-14-12-10-8-6-4-2)68-100-84-80(98)77(95)82(72(66-89)102-84)105-86-81(99)78(96)83(73(67-90)103-86)104-85-79(97)76(94)75(93)71(65-88)101-85/h5,7,11,13,17,19,23,25,29,31,34,36,45,47,53,55,61,63,69-73,75-86,88-91,93-99H,3-4,6,8-10,12,14-16,18,20-22,24,26-28,30,32-33,35,37-44,46,48-52,54,56-60,62,64-68H2,1-2H3,(H,87,92)/b7-5-,13-11-,19-17-,25-23-,31-29-,36-34-,47-45+,55-53+,63-61+. The highest BCUT2D eigenvalue weighted by atomic mass is 16.8. The second-order valence-corrected chi connectivity index (χ2v) is 29.2. The molecule has 3 rings (SSSR count). The number of rotatable bonds is 65. The van der Waals surface area contributed by atoms with Gasteiger partial charge in [0.15, 0.2) is 18.9 Å². The van der Waals surface area contributed by atoms with Crippen LogP contribution in [0.4, 0.5) is 0 Å². The van der Waals surface area contributed by atoms with Crippen molar-refractivity contribution in [3.63, 3.8) is 0 Å². The SMILES string of the molecule is CC/C=C\C/C=C\C/C=C\C/C=C\C/C=C\C/C=C\CCCCCCCCCCCCCCC(=O)NC(COC1OC(CO)C(OC2OC(CO)C(OC3OC(CO)C(O)C(O)C3O)C(O)C2O)C(O)C1O)C(O)/C=C/CC/C=C/CC/C=C/CCCCCCCCCCCCCCCCCCCCC. The van der Waals surface area contributed by atoms with Crippen LogP contribution in [0.2, 0.25) is 0 Å². The number of aliphatic hydroxyl groups is 11. The van der Waals surface area contributed by atoms with Crippen LogP contribution < -0.4 is 5.32 Å². The molecule has 17 unspecified atom stereocenters. The number of aliphatic hydroxyl groups excluding tert-OH is 11. The van der Waals surface area contributed by atoms with Gasteiger partial charge in [-0.3, -0.25) is 4.79 Å². The maximum atomic E-state index is 13.5. The van der Waals surface area contributed by atoms with E-state index in [4.69, 9.17) is 28.4 Å². The van der Waals surface area contributed by atoms with Crippen molar-refractivity contribution >= 4 is 5.91 Å². The molecule has 12 N–H and O–H groups in total. The van der Waals surface area contributed by atoms with Gasteiger partial charge in [0.25, 0.3) is 0 Å². The number of nitrogens with one attached hydrogen (secondary N) is 1. The molecule has 0 saturated carbocycles. The van der Waals surface area contributed by atoms with Gasteiger partial charge in [-0.05, 0) is 96.3 Å². The van der Waals surface area contributed by atoms with E-state index in [0.29, 0.717) is 12.8 Å². The Morgan fingerprint density at radius 1 is 0.352 bits per heavy atom. The first-order chi connectivity index (χ1) is 51.3. The van der Waals surface area contributed by atoms with Gasteiger partial charge in [0.1, 0.15) is 73.2 Å². The molecule has 0 aromatic rings. The summed E-state index contributed by atoms with van der Waals surface area (Å²) >= 11 is 0. The summed E-state index contributed by atoms with van der Waals surface area (Å²) in [7, 11) is 0. The zero-order valence-corrected chi connectivity index (χ0v) is 64.9. The molecular formula is C86H149NO18. The minimum atomic E-state index is -1.99. The van der Waals surface area contributed by atoms with Gasteiger partial charge < -0.3 is 89.9 Å². The number of amides is 1. The molecule has 19 nitrogen and oxygen atoms in total. The Morgan fingerprint density at radius 2 is 0.667 bits per heavy atom. The average molecular weight is 1490 g/mol. The molecule has 3 aliphatic heterocycles. The molecule has 0 bridgehead atoms. The highest BCUT2D eigenvalue weighted by Gasteiger charge is 2.54. The third-order valence-corrected chi connectivity index (χ3v) is 20.0. The third-order valence-electron chi connectivity index (χ3n) is 20.0. The van der Waals surface area contributed by atoms with Crippen molar-refractivity contribution in [2.24, 2.45) is 0 Å². The van der Waals surface area contributed by atoms with Gasteiger partial charge in [-0.1, -0.05) is 303 Å². The molecule has 3 heterocycles. The van der Waals surface area contributed by atoms with Crippen LogP contribution in [0.5, 0.6) is 0 Å². The first-order valence-electron chi connectivity index (χ1n) is 41.6. The Balaban J connectivity index is 1.39. The maximum absolute atomic E-state index is 13.5. The van der Waals surface area contributed by atoms with Crippen molar-refractivity contribution < 1.29 is 89.4 Å². The van der Waals surface area contributed by atoms with Crippen molar-refractivity contribution in [2.75, 3.05) is 26.4 Å². The van der Waals surface area contributed by atoms with Crippen LogP contribution in [-0.2, 0) is 33.2 Å². The van der Waals surface area contributed by atoms with Crippen LogP contribution >= 0.6 is 0 Å². The van der Waals surface area contributed by atoms with Crippen LogP contribution in [0.3, 0.4) is 0 Å². The molecule has 0 aromatic carbocycles. The lowest BCUT2D eigenvalue weighted by atomic mass is 9.96. The first kappa shape index (κ1) is 95.7. The number of hydrogen-bond acceptors (Lipinski definition) is 18. The number of carbonyl (C=O) groups is 1. The lowest BCUT2D eigenvalue weighted by Gasteiger charge is -2.48. The van der Waals surface area contributed by atoms with Gasteiger partial charge in [0.2, 0.25) is 5.91 Å². The Bertz CT molecular complexity index is 2320. The predicted molar refractivity (Wildman–Crippen MR) is 420 cm³/mol. The van der Waals surface area contributed by atoms with Crippen molar-refractivity contribution in [1.82, 2.24) is 5.32 Å². The molecule has 0 radical (unpaired) electrons. The number of allylic oxidation sites excluding steroid dienone is 17. The van der Waals surface area contributed by atoms with Crippen LogP contribution in [0, 0.1) is 0 Å². The van der Waals surface area contributed by atoms with Crippen LogP contribution in [0.15, 0.2) is 109 Å². The summed E-state index contributed by atoms with van der Waals surface area (Å²) in [6.07, 6.45) is 63.6. The van der Waals surface area contributed by atoms with Crippen molar-refractivity contribution in [3.8, 4) is 0 Å². The van der Waals surface area contributed by atoms with E-state index >= 15 is 0 Å². The van der Waals surface area contributed by atoms with Crippen LogP contribution in [0.1, 0.15) is 296 Å². The number of carbonyl (C=O) groups excluding carboxylic acids is 1. The lowest BCUT2D eigenvalue weighted by Crippen LogP contribution is -2.66. The fraction of sp³-hybridized carbons (Fsp3) is 0.779. The Morgan fingerprint density at radius 3 is 1.07 bits per heavy atom. The molecule has 606 valence electrons. The van der Waals surface area contributed by atoms with Gasteiger partial charge in [-0.15, -0.1) is 0 Å². The molecule has 3 aliphatic rings. The van der Waals surface area contributed by atoms with Crippen molar-refractivity contribution in [2.45, 2.75) is 401 Å². The van der Waals surface area contributed by atoms with Crippen LogP contribution in [-0.4, -0.2) is 193 Å². The molecule has 17 atom stereocenters. The van der Waals surface area contributed by atoms with E-state index in [1.54, 1.807) is 6.08 Å². The Kier molecular flexibility index (Phi) is 59.4. The van der Waals surface area contributed by atoms with Crippen molar-refractivity contribution in [3.05, 3.63) is 109 Å². The Labute approximate surface area is 634 Å². The fourth-order valence-electron chi connectivity index (χ4n) is 13.4. The molecular weight excluding hydrogens is 1330 g/mol. The second kappa shape index (κ2) is 65.2. The predicted octanol–water partition coefficient (Wildman–Crippen LogP) is 14.5. The van der Waals surface area contributed by atoms with E-state index in [-0.39, 0.29) is 18.9 Å². The van der Waals surface area contributed by atoms with Gasteiger partial charge in [0, 0.05) is 6.42 Å². The van der Waals surface area contributed by atoms with Crippen molar-refractivity contribution in [1.29, 1.82) is 0 Å². The van der Waals surface area contributed by atoms with E-state index in [2.05, 4.69) is 116 Å². The zero-order chi connectivity index (χ0) is 76.0. The minimum absolute atomic E-state index is 0.223. The largest absolute Gasteiger partial charge is 0.394 e. The van der Waals surface area contributed by atoms with E-state index in [0.717, 1.165) is 96.3 Å². The summed E-state index contributed by atoms with van der Waals surface area (Å²) in [6, 6.07) is -1.01. The first-order valence-corrected chi connectivity index (χ1v) is 41.6. The van der Waals surface area contributed by atoms with Gasteiger partial charge in [-0.25, -0.2) is 0 Å². The van der Waals surface area contributed by atoms with E-state index in [1.807, 2.05) is 6.08 Å². The third kappa shape index (κ3) is 44.8. The fourth-order valence-corrected chi connectivity index (χ4v) is 13.4. The molecule has 0 aromatic heterocycles. The summed E-state index contributed by atoms with van der Waals surface area (Å²) in [5.41, 5.74) is 0. The van der Waals surface area contributed by atoms with E-state index in [1.165, 1.54) is 167 Å². The zero-order valence-electron chi connectivity index (χ0n) is 64.9. The summed E-state index contributed by atoms with van der Waals surface area (Å²) in [6.45, 7) is 1.62. The summed E-state index contributed by atoms with van der Waals surface area (Å²) < 4.78 is 34.4. The highest BCUT2D eigenvalue weighted by molar-refractivity contribution is 5.76. The quantitative estimate of drug-likeness (QED) is 0.0199. The number of hydrogen-bond donors (Lipinski definition) is 12. The maximum Gasteiger partial charge on any atom is 0.220 e. The van der Waals surface area contributed by atoms with E-state index in [9.17, 15) is 61.0 Å². The molecule has 105 heavy (non-hydrogen) atoms. The average Bonchev–Trinajstić information content (AvgIpc) is 0.781. The topological polar surface area (TPSA) is 307 Å². The van der Waals surface area contributed by atoms with Crippen LogP contribution in [0.25, 0.3) is 0 Å². The molecule has 0 spiro atoms. The summed E-state index contributed by atoms with van der Waals surface area (Å²) in [4.78, 5) is 13.5. The second-order valence-electron chi connectivity index (χ2n) is 29.2. The minimum Gasteiger partial charge on any atom is -0.394 e. The summed E-state index contributed by atoms with van der Waals surface area (Å²) in [5.74, 6) is -0.293. The normalized spacial score (nSPS) is 26.4. The number of unbranched alkanes of at least 4 members (excludes halogenated alkanes) is 33. The summed E-state index contributed by atoms with van der Waals surface area (Å²) in [5, 5.41) is 121. The molecule has 19 heteroatoms. The lowest BCUT2D eigenvalue weighted by molar-refractivity contribution is -0.379. The Hall–Kier alpha value is -3.55. The van der Waals surface area contributed by atoms with E-state index < -0.39 is 124 Å². The number of ether oxygens (including phenoxy) is 6. The highest BCUT2D eigenvalue weighted by Crippen LogP contribution is 2.33. The van der Waals surface area contributed by atoms with Gasteiger partial charge >= 0.3 is 0 Å².